The molecule has 0 aliphatic rings. The summed E-state index contributed by atoms with van der Waals surface area (Å²) in [6, 6.07) is 2.06. The molecule has 0 fully saturated rings. The van der Waals surface area contributed by atoms with Crippen LogP contribution in [0, 0.1) is 11.6 Å². The molecule has 1 aromatic carbocycles. The molecule has 15 heavy (non-hydrogen) atoms. The van der Waals surface area contributed by atoms with Gasteiger partial charge in [0.05, 0.1) is 13.7 Å². The van der Waals surface area contributed by atoms with Crippen molar-refractivity contribution in [1.82, 2.24) is 0 Å². The molecule has 0 aliphatic heterocycles. The third-order valence-corrected chi connectivity index (χ3v) is 2.35. The van der Waals surface area contributed by atoms with E-state index in [2.05, 4.69) is 0 Å². The average Bonchev–Trinajstić information content (AvgIpc) is 2.20. The van der Waals surface area contributed by atoms with Crippen molar-refractivity contribution in [1.29, 1.82) is 0 Å². The number of aliphatic hydroxyl groups excluding tert-OH is 1. The second-order valence-corrected chi connectivity index (χ2v) is 4.01. The molecule has 0 amide bonds. The van der Waals surface area contributed by atoms with E-state index in [4.69, 9.17) is 9.84 Å². The van der Waals surface area contributed by atoms with Crippen molar-refractivity contribution in [2.45, 2.75) is 19.3 Å². The summed E-state index contributed by atoms with van der Waals surface area (Å²) in [5.74, 6) is -1.35. The molecule has 1 aromatic rings. The molecular weight excluding hydrogens is 202 g/mol. The van der Waals surface area contributed by atoms with Crippen LogP contribution in [-0.2, 0) is 5.41 Å². The van der Waals surface area contributed by atoms with Crippen LogP contribution in [-0.4, -0.2) is 18.8 Å². The van der Waals surface area contributed by atoms with Gasteiger partial charge in [0, 0.05) is 17.0 Å². The van der Waals surface area contributed by atoms with Crippen LogP contribution in [0.1, 0.15) is 19.4 Å². The van der Waals surface area contributed by atoms with Gasteiger partial charge < -0.3 is 9.84 Å². The van der Waals surface area contributed by atoms with Gasteiger partial charge in [-0.1, -0.05) is 13.8 Å². The number of aliphatic hydroxyl groups is 1. The maximum Gasteiger partial charge on any atom is 0.169 e. The van der Waals surface area contributed by atoms with E-state index in [1.54, 1.807) is 13.8 Å². The van der Waals surface area contributed by atoms with Crippen molar-refractivity contribution in [3.8, 4) is 5.75 Å². The van der Waals surface area contributed by atoms with Gasteiger partial charge in [-0.2, -0.15) is 0 Å². The molecule has 84 valence electrons. The van der Waals surface area contributed by atoms with E-state index in [0.717, 1.165) is 12.1 Å². The van der Waals surface area contributed by atoms with Gasteiger partial charge in [-0.25, -0.2) is 8.78 Å². The second-order valence-electron chi connectivity index (χ2n) is 4.01. The molecule has 0 heterocycles. The average molecular weight is 216 g/mol. The normalized spacial score (nSPS) is 11.6. The molecular formula is C11H14F2O2. The number of halogens is 2. The Morgan fingerprint density at radius 2 is 1.93 bits per heavy atom. The van der Waals surface area contributed by atoms with Crippen LogP contribution in [0.15, 0.2) is 12.1 Å². The molecule has 0 unspecified atom stereocenters. The van der Waals surface area contributed by atoms with Gasteiger partial charge in [-0.15, -0.1) is 0 Å². The predicted molar refractivity (Wildman–Crippen MR) is 53.0 cm³/mol. The number of benzene rings is 1. The highest BCUT2D eigenvalue weighted by molar-refractivity contribution is 5.36. The molecule has 1 N–H and O–H groups in total. The van der Waals surface area contributed by atoms with Gasteiger partial charge in [0.1, 0.15) is 5.82 Å². The first-order chi connectivity index (χ1) is 6.92. The highest BCUT2D eigenvalue weighted by atomic mass is 19.1. The fraction of sp³-hybridized carbons (Fsp3) is 0.455. The first kappa shape index (κ1) is 11.9. The minimum absolute atomic E-state index is 0.113. The van der Waals surface area contributed by atoms with Gasteiger partial charge in [0.25, 0.3) is 0 Å². The van der Waals surface area contributed by atoms with Crippen molar-refractivity contribution in [3.63, 3.8) is 0 Å². The monoisotopic (exact) mass is 216 g/mol. The summed E-state index contributed by atoms with van der Waals surface area (Å²) >= 11 is 0. The third-order valence-electron chi connectivity index (χ3n) is 2.35. The molecule has 0 aromatic heterocycles. The van der Waals surface area contributed by atoms with E-state index in [1.165, 1.54) is 7.11 Å². The van der Waals surface area contributed by atoms with E-state index < -0.39 is 17.0 Å². The van der Waals surface area contributed by atoms with Gasteiger partial charge in [0.2, 0.25) is 0 Å². The number of rotatable bonds is 3. The van der Waals surface area contributed by atoms with Gasteiger partial charge >= 0.3 is 0 Å². The maximum absolute atomic E-state index is 13.7. The summed E-state index contributed by atoms with van der Waals surface area (Å²) < 4.78 is 31.6. The van der Waals surface area contributed by atoms with Crippen molar-refractivity contribution in [2.75, 3.05) is 13.7 Å². The van der Waals surface area contributed by atoms with Crippen LogP contribution >= 0.6 is 0 Å². The zero-order chi connectivity index (χ0) is 11.6. The number of ether oxygens (including phenoxy) is 1. The van der Waals surface area contributed by atoms with E-state index >= 15 is 0 Å². The summed E-state index contributed by atoms with van der Waals surface area (Å²) in [5.41, 5.74) is -0.721. The molecule has 1 rings (SSSR count). The Hall–Kier alpha value is -1.16. The standard InChI is InChI=1S/C11H14F2O2/c1-11(2,6-14)8-4-7(12)5-9(15-3)10(8)13/h4-5,14H,6H2,1-3H3. The van der Waals surface area contributed by atoms with Gasteiger partial charge in [-0.3, -0.25) is 0 Å². The van der Waals surface area contributed by atoms with Gasteiger partial charge in [-0.05, 0) is 6.07 Å². The van der Waals surface area contributed by atoms with Crippen molar-refractivity contribution < 1.29 is 18.6 Å². The third kappa shape index (κ3) is 2.26. The van der Waals surface area contributed by atoms with E-state index in [1.807, 2.05) is 0 Å². The Morgan fingerprint density at radius 1 is 1.33 bits per heavy atom. The van der Waals surface area contributed by atoms with E-state index in [-0.39, 0.29) is 17.9 Å². The topological polar surface area (TPSA) is 29.5 Å². The van der Waals surface area contributed by atoms with Crippen LogP contribution in [0.5, 0.6) is 5.75 Å². The molecule has 0 atom stereocenters. The largest absolute Gasteiger partial charge is 0.494 e. The Labute approximate surface area is 87.5 Å². The summed E-state index contributed by atoms with van der Waals surface area (Å²) in [6.07, 6.45) is 0. The molecule has 0 spiro atoms. The number of hydrogen-bond donors (Lipinski definition) is 1. The Balaban J connectivity index is 3.35. The zero-order valence-electron chi connectivity index (χ0n) is 8.97. The summed E-state index contributed by atoms with van der Waals surface area (Å²) in [7, 11) is 1.27. The number of hydrogen-bond acceptors (Lipinski definition) is 2. The van der Waals surface area contributed by atoms with Crippen molar-refractivity contribution in [3.05, 3.63) is 29.3 Å². The smallest absolute Gasteiger partial charge is 0.169 e. The SMILES string of the molecule is COc1cc(F)cc(C(C)(C)CO)c1F. The molecule has 0 saturated heterocycles. The molecule has 0 aliphatic carbocycles. The van der Waals surface area contributed by atoms with E-state index in [0.29, 0.717) is 0 Å². The number of methoxy groups -OCH3 is 1. The highest BCUT2D eigenvalue weighted by Gasteiger charge is 2.26. The van der Waals surface area contributed by atoms with Crippen molar-refractivity contribution >= 4 is 0 Å². The molecule has 0 bridgehead atoms. The molecule has 0 saturated carbocycles. The quantitative estimate of drug-likeness (QED) is 0.839. The first-order valence-corrected chi connectivity index (χ1v) is 4.56. The Bertz CT molecular complexity index is 362. The Kier molecular flexibility index (Phi) is 3.29. The lowest BCUT2D eigenvalue weighted by Crippen LogP contribution is -2.24. The molecule has 4 heteroatoms. The minimum Gasteiger partial charge on any atom is -0.494 e. The highest BCUT2D eigenvalue weighted by Crippen LogP contribution is 2.31. The van der Waals surface area contributed by atoms with Crippen LogP contribution in [0.2, 0.25) is 0 Å². The Morgan fingerprint density at radius 3 is 2.40 bits per heavy atom. The first-order valence-electron chi connectivity index (χ1n) is 4.56. The maximum atomic E-state index is 13.7. The molecule has 0 radical (unpaired) electrons. The summed E-state index contributed by atoms with van der Waals surface area (Å²) in [4.78, 5) is 0. The predicted octanol–water partition coefficient (Wildman–Crippen LogP) is 2.24. The van der Waals surface area contributed by atoms with Crippen LogP contribution in [0.4, 0.5) is 8.78 Å². The lowest BCUT2D eigenvalue weighted by Gasteiger charge is -2.23. The van der Waals surface area contributed by atoms with Crippen molar-refractivity contribution in [2.24, 2.45) is 0 Å². The van der Waals surface area contributed by atoms with Crippen LogP contribution < -0.4 is 4.74 Å². The fourth-order valence-electron chi connectivity index (χ4n) is 1.29. The zero-order valence-corrected chi connectivity index (χ0v) is 8.97. The minimum atomic E-state index is -0.834. The lowest BCUT2D eigenvalue weighted by atomic mass is 9.85. The second kappa shape index (κ2) is 4.14. The van der Waals surface area contributed by atoms with Crippen LogP contribution in [0.3, 0.4) is 0 Å². The lowest BCUT2D eigenvalue weighted by molar-refractivity contribution is 0.213. The van der Waals surface area contributed by atoms with Crippen LogP contribution in [0.25, 0.3) is 0 Å². The summed E-state index contributed by atoms with van der Waals surface area (Å²) in [5, 5.41) is 9.10. The van der Waals surface area contributed by atoms with E-state index in [9.17, 15) is 8.78 Å². The summed E-state index contributed by atoms with van der Waals surface area (Å²) in [6.45, 7) is 2.99. The molecule has 2 nitrogen and oxygen atoms in total. The fourth-order valence-corrected chi connectivity index (χ4v) is 1.29. The van der Waals surface area contributed by atoms with Gasteiger partial charge in [0.15, 0.2) is 11.6 Å².